The van der Waals surface area contributed by atoms with Crippen LogP contribution in [0.4, 0.5) is 5.82 Å². The molecule has 0 aliphatic carbocycles. The molecule has 1 heterocycles. The third-order valence-corrected chi connectivity index (χ3v) is 2.88. The highest BCUT2D eigenvalue weighted by Crippen LogP contribution is 2.10. The Labute approximate surface area is 111 Å². The van der Waals surface area contributed by atoms with Gasteiger partial charge in [-0.25, -0.2) is 9.97 Å². The molecule has 19 heavy (non-hydrogen) atoms. The second-order valence-corrected chi connectivity index (χ2v) is 4.40. The van der Waals surface area contributed by atoms with E-state index in [0.717, 1.165) is 11.1 Å². The Morgan fingerprint density at radius 1 is 1.26 bits per heavy atom. The molecule has 3 N–H and O–H groups in total. The van der Waals surface area contributed by atoms with Crippen molar-refractivity contribution >= 4 is 11.7 Å². The Balaban J connectivity index is 2.07. The van der Waals surface area contributed by atoms with Gasteiger partial charge in [-0.15, -0.1) is 0 Å². The third-order valence-electron chi connectivity index (χ3n) is 2.88. The number of nitrogens with one attached hydrogen (secondary N) is 1. The predicted octanol–water partition coefficient (Wildman–Crippen LogP) is 1.61. The molecule has 2 aromatic rings. The summed E-state index contributed by atoms with van der Waals surface area (Å²) in [4.78, 5) is 19.7. The highest BCUT2D eigenvalue weighted by atomic mass is 16.1. The molecule has 0 aliphatic rings. The van der Waals surface area contributed by atoms with Crippen molar-refractivity contribution in [3.05, 3.63) is 53.0 Å². The summed E-state index contributed by atoms with van der Waals surface area (Å²) < 4.78 is 0. The van der Waals surface area contributed by atoms with Crippen LogP contribution in [0.25, 0.3) is 0 Å². The number of rotatable bonds is 3. The van der Waals surface area contributed by atoms with Gasteiger partial charge in [-0.3, -0.25) is 4.79 Å². The van der Waals surface area contributed by atoms with Crippen LogP contribution in [-0.4, -0.2) is 15.9 Å². The molecule has 0 saturated carbocycles. The largest absolute Gasteiger partial charge is 0.382 e. The number of carbonyl (C=O) groups is 1. The van der Waals surface area contributed by atoms with Crippen molar-refractivity contribution in [1.82, 2.24) is 15.3 Å². The fraction of sp³-hybridized carbons (Fsp3) is 0.214. The topological polar surface area (TPSA) is 80.9 Å². The summed E-state index contributed by atoms with van der Waals surface area (Å²) in [5.74, 6) is -0.175. The van der Waals surface area contributed by atoms with Gasteiger partial charge in [0.15, 0.2) is 11.5 Å². The first-order valence-corrected chi connectivity index (χ1v) is 5.98. The second kappa shape index (κ2) is 5.48. The minimum Gasteiger partial charge on any atom is -0.382 e. The number of anilines is 1. The van der Waals surface area contributed by atoms with Crippen LogP contribution in [0.15, 0.2) is 30.6 Å². The van der Waals surface area contributed by atoms with Crippen molar-refractivity contribution in [2.75, 3.05) is 5.73 Å². The molecule has 5 heteroatoms. The van der Waals surface area contributed by atoms with Gasteiger partial charge in [0.2, 0.25) is 0 Å². The lowest BCUT2D eigenvalue weighted by Crippen LogP contribution is -2.25. The van der Waals surface area contributed by atoms with Crippen LogP contribution in [-0.2, 0) is 6.54 Å². The number of hydrogen-bond donors (Lipinski definition) is 2. The Morgan fingerprint density at radius 2 is 2.00 bits per heavy atom. The maximum Gasteiger partial charge on any atom is 0.273 e. The average Bonchev–Trinajstić information content (AvgIpc) is 2.38. The first-order valence-electron chi connectivity index (χ1n) is 5.98. The maximum absolute atomic E-state index is 11.9. The second-order valence-electron chi connectivity index (χ2n) is 4.40. The van der Waals surface area contributed by atoms with Crippen molar-refractivity contribution in [1.29, 1.82) is 0 Å². The van der Waals surface area contributed by atoms with Gasteiger partial charge in [0.1, 0.15) is 0 Å². The Hall–Kier alpha value is -2.43. The molecule has 98 valence electrons. The smallest absolute Gasteiger partial charge is 0.273 e. The highest BCUT2D eigenvalue weighted by molar-refractivity contribution is 5.96. The number of benzene rings is 1. The van der Waals surface area contributed by atoms with Crippen molar-refractivity contribution in [3.8, 4) is 0 Å². The number of nitrogen functional groups attached to an aromatic ring is 1. The van der Waals surface area contributed by atoms with Crippen molar-refractivity contribution in [2.24, 2.45) is 0 Å². The predicted molar refractivity (Wildman–Crippen MR) is 73.5 cm³/mol. The van der Waals surface area contributed by atoms with E-state index in [1.54, 1.807) is 0 Å². The van der Waals surface area contributed by atoms with Crippen LogP contribution in [0, 0.1) is 13.8 Å². The number of nitrogens with two attached hydrogens (primary N) is 1. The summed E-state index contributed by atoms with van der Waals surface area (Å²) in [7, 11) is 0. The van der Waals surface area contributed by atoms with Gasteiger partial charge in [0.25, 0.3) is 5.91 Å². The van der Waals surface area contributed by atoms with Crippen molar-refractivity contribution in [2.45, 2.75) is 20.4 Å². The van der Waals surface area contributed by atoms with Gasteiger partial charge >= 0.3 is 0 Å². The van der Waals surface area contributed by atoms with Gasteiger partial charge in [-0.2, -0.15) is 0 Å². The van der Waals surface area contributed by atoms with Gasteiger partial charge in [-0.05, 0) is 25.0 Å². The number of carbonyl (C=O) groups excluding carboxylic acids is 1. The Morgan fingerprint density at radius 3 is 2.68 bits per heavy atom. The van der Waals surface area contributed by atoms with Gasteiger partial charge in [0, 0.05) is 18.9 Å². The van der Waals surface area contributed by atoms with Crippen molar-refractivity contribution < 1.29 is 4.79 Å². The quantitative estimate of drug-likeness (QED) is 0.874. The van der Waals surface area contributed by atoms with Crippen LogP contribution in [0.1, 0.15) is 27.2 Å². The monoisotopic (exact) mass is 256 g/mol. The number of nitrogens with zero attached hydrogens (tertiary/aromatic N) is 2. The zero-order chi connectivity index (χ0) is 13.8. The maximum atomic E-state index is 11.9. The molecule has 0 spiro atoms. The summed E-state index contributed by atoms with van der Waals surface area (Å²) >= 11 is 0. The molecule has 2 rings (SSSR count). The van der Waals surface area contributed by atoms with E-state index >= 15 is 0 Å². The van der Waals surface area contributed by atoms with E-state index in [9.17, 15) is 4.79 Å². The molecule has 0 unspecified atom stereocenters. The third kappa shape index (κ3) is 3.07. The number of hydrogen-bond acceptors (Lipinski definition) is 4. The molecule has 0 bridgehead atoms. The molecule has 1 aromatic heterocycles. The first kappa shape index (κ1) is 13.0. The fourth-order valence-electron chi connectivity index (χ4n) is 1.83. The normalized spacial score (nSPS) is 10.2. The van der Waals surface area contributed by atoms with Gasteiger partial charge in [0.05, 0.1) is 0 Å². The lowest BCUT2D eigenvalue weighted by atomic mass is 10.1. The summed E-state index contributed by atoms with van der Waals surface area (Å²) in [5, 5.41) is 2.79. The molecule has 0 saturated heterocycles. The number of aromatic nitrogens is 2. The van der Waals surface area contributed by atoms with E-state index in [-0.39, 0.29) is 17.4 Å². The molecule has 1 aromatic carbocycles. The van der Waals surface area contributed by atoms with E-state index in [1.165, 1.54) is 18.0 Å². The zero-order valence-electron chi connectivity index (χ0n) is 11.0. The fourth-order valence-corrected chi connectivity index (χ4v) is 1.83. The summed E-state index contributed by atoms with van der Waals surface area (Å²) in [5.41, 5.74) is 9.18. The zero-order valence-corrected chi connectivity index (χ0v) is 11.0. The molecule has 0 fully saturated rings. The molecule has 0 radical (unpaired) electrons. The van der Waals surface area contributed by atoms with Crippen LogP contribution in [0.5, 0.6) is 0 Å². The summed E-state index contributed by atoms with van der Waals surface area (Å²) in [6.45, 7) is 4.50. The van der Waals surface area contributed by atoms with Crippen LogP contribution >= 0.6 is 0 Å². The molecule has 0 atom stereocenters. The van der Waals surface area contributed by atoms with E-state index in [4.69, 9.17) is 5.73 Å². The minimum absolute atomic E-state index is 0.139. The van der Waals surface area contributed by atoms with E-state index in [0.29, 0.717) is 6.54 Å². The molecule has 1 amide bonds. The SMILES string of the molecule is Cc1ccc(CNC(=O)c2nccnc2N)c(C)c1. The Kier molecular flexibility index (Phi) is 3.75. The van der Waals surface area contributed by atoms with Gasteiger partial charge < -0.3 is 11.1 Å². The van der Waals surface area contributed by atoms with Crippen LogP contribution in [0.3, 0.4) is 0 Å². The molecular formula is C14H16N4O. The van der Waals surface area contributed by atoms with Crippen LogP contribution < -0.4 is 11.1 Å². The minimum atomic E-state index is -0.314. The summed E-state index contributed by atoms with van der Waals surface area (Å²) in [6.07, 6.45) is 2.90. The van der Waals surface area contributed by atoms with Crippen molar-refractivity contribution in [3.63, 3.8) is 0 Å². The summed E-state index contributed by atoms with van der Waals surface area (Å²) in [6, 6.07) is 6.11. The molecule has 5 nitrogen and oxygen atoms in total. The standard InChI is InChI=1S/C14H16N4O/c1-9-3-4-11(10(2)7-9)8-18-14(19)12-13(15)17-6-5-16-12/h3-7H,8H2,1-2H3,(H2,15,17)(H,18,19). The molecule has 0 aliphatic heterocycles. The van der Waals surface area contributed by atoms with E-state index < -0.39 is 0 Å². The van der Waals surface area contributed by atoms with Crippen LogP contribution in [0.2, 0.25) is 0 Å². The molecular weight excluding hydrogens is 240 g/mol. The van der Waals surface area contributed by atoms with Gasteiger partial charge in [-0.1, -0.05) is 23.8 Å². The van der Waals surface area contributed by atoms with E-state index in [2.05, 4.69) is 21.4 Å². The highest BCUT2D eigenvalue weighted by Gasteiger charge is 2.11. The number of aryl methyl sites for hydroxylation is 2. The lowest BCUT2D eigenvalue weighted by molar-refractivity contribution is 0.0946. The first-order chi connectivity index (χ1) is 9.08. The Bertz CT molecular complexity index is 610. The average molecular weight is 256 g/mol. The van der Waals surface area contributed by atoms with E-state index in [1.807, 2.05) is 26.0 Å². The number of amides is 1. The lowest BCUT2D eigenvalue weighted by Gasteiger charge is -2.09.